The van der Waals surface area contributed by atoms with Gasteiger partial charge in [-0.05, 0) is 36.5 Å². The quantitative estimate of drug-likeness (QED) is 0.653. The lowest BCUT2D eigenvalue weighted by Gasteiger charge is -2.22. The first-order chi connectivity index (χ1) is 13.3. The van der Waals surface area contributed by atoms with Crippen molar-refractivity contribution in [2.24, 2.45) is 5.92 Å². The van der Waals surface area contributed by atoms with Crippen molar-refractivity contribution >= 4 is 15.9 Å². The summed E-state index contributed by atoms with van der Waals surface area (Å²) in [7, 11) is -1.97. The number of benzene rings is 2. The second-order valence-electron chi connectivity index (χ2n) is 7.40. The summed E-state index contributed by atoms with van der Waals surface area (Å²) < 4.78 is 26.3. The second-order valence-corrected chi connectivity index (χ2v) is 9.45. The Morgan fingerprint density at radius 2 is 1.57 bits per heavy atom. The predicted molar refractivity (Wildman–Crippen MR) is 112 cm³/mol. The molecule has 0 heterocycles. The van der Waals surface area contributed by atoms with Crippen LogP contribution >= 0.6 is 0 Å². The first-order valence-electron chi connectivity index (χ1n) is 9.66. The molecule has 0 spiro atoms. The summed E-state index contributed by atoms with van der Waals surface area (Å²) in [5.41, 5.74) is 1.09. The first kappa shape index (κ1) is 22.1. The van der Waals surface area contributed by atoms with Crippen LogP contribution in [0.4, 0.5) is 0 Å². The van der Waals surface area contributed by atoms with Crippen molar-refractivity contribution in [1.82, 2.24) is 9.62 Å². The van der Waals surface area contributed by atoms with Gasteiger partial charge in [0.2, 0.25) is 15.9 Å². The minimum Gasteiger partial charge on any atom is -0.349 e. The van der Waals surface area contributed by atoms with Gasteiger partial charge < -0.3 is 5.32 Å². The summed E-state index contributed by atoms with van der Waals surface area (Å²) >= 11 is 0. The molecule has 0 bridgehead atoms. The van der Waals surface area contributed by atoms with Gasteiger partial charge in [0.25, 0.3) is 0 Å². The Morgan fingerprint density at radius 3 is 2.14 bits per heavy atom. The summed E-state index contributed by atoms with van der Waals surface area (Å²) in [4.78, 5) is 12.7. The number of sulfonamides is 1. The molecule has 1 amide bonds. The number of hydrogen-bond donors (Lipinski definition) is 1. The van der Waals surface area contributed by atoms with Gasteiger partial charge in [-0.3, -0.25) is 4.79 Å². The minimum absolute atomic E-state index is 0.0283. The number of nitrogens with one attached hydrogen (secondary N) is 1. The van der Waals surface area contributed by atoms with E-state index in [1.165, 1.54) is 4.31 Å². The van der Waals surface area contributed by atoms with Crippen LogP contribution in [0.15, 0.2) is 65.6 Å². The Morgan fingerprint density at radius 1 is 1.00 bits per heavy atom. The summed E-state index contributed by atoms with van der Waals surface area (Å²) in [6, 6.07) is 18.3. The van der Waals surface area contributed by atoms with E-state index in [0.29, 0.717) is 18.9 Å². The molecule has 1 atom stereocenters. The maximum atomic E-state index is 12.5. The number of carbonyl (C=O) groups is 1. The minimum atomic E-state index is -3.52. The van der Waals surface area contributed by atoms with E-state index in [-0.39, 0.29) is 23.3 Å². The lowest BCUT2D eigenvalue weighted by Crippen LogP contribution is -2.31. The summed E-state index contributed by atoms with van der Waals surface area (Å²) in [6.07, 6.45) is 1.62. The molecule has 0 saturated heterocycles. The van der Waals surface area contributed by atoms with E-state index in [2.05, 4.69) is 19.2 Å². The zero-order valence-corrected chi connectivity index (χ0v) is 17.7. The van der Waals surface area contributed by atoms with E-state index < -0.39 is 10.0 Å². The van der Waals surface area contributed by atoms with Gasteiger partial charge in [0, 0.05) is 20.0 Å². The predicted octanol–water partition coefficient (Wildman–Crippen LogP) is 3.99. The summed E-state index contributed by atoms with van der Waals surface area (Å²) in [5.74, 6) is 0.396. The fourth-order valence-electron chi connectivity index (χ4n) is 3.06. The summed E-state index contributed by atoms with van der Waals surface area (Å²) in [5, 5.41) is 3.10. The molecule has 5 nitrogen and oxygen atoms in total. The van der Waals surface area contributed by atoms with Crippen molar-refractivity contribution in [2.75, 3.05) is 13.6 Å². The molecule has 0 radical (unpaired) electrons. The number of rotatable bonds is 10. The van der Waals surface area contributed by atoms with Crippen LogP contribution < -0.4 is 5.32 Å². The Hall–Kier alpha value is -2.18. The largest absolute Gasteiger partial charge is 0.349 e. The van der Waals surface area contributed by atoms with Gasteiger partial charge in [-0.25, -0.2) is 12.7 Å². The average molecular weight is 403 g/mol. The molecule has 2 rings (SSSR count). The Bertz CT molecular complexity index is 837. The molecule has 0 unspecified atom stereocenters. The second kappa shape index (κ2) is 10.4. The number of nitrogens with zero attached hydrogens (tertiary/aromatic N) is 1. The van der Waals surface area contributed by atoms with E-state index in [1.807, 2.05) is 30.3 Å². The van der Waals surface area contributed by atoms with Crippen LogP contribution in [0.1, 0.15) is 44.7 Å². The van der Waals surface area contributed by atoms with Crippen molar-refractivity contribution < 1.29 is 13.2 Å². The lowest BCUT2D eigenvalue weighted by molar-refractivity contribution is -0.122. The molecule has 0 aliphatic carbocycles. The summed E-state index contributed by atoms with van der Waals surface area (Å²) in [6.45, 7) is 4.56. The van der Waals surface area contributed by atoms with E-state index in [4.69, 9.17) is 0 Å². The highest BCUT2D eigenvalue weighted by atomic mass is 32.2. The lowest BCUT2D eigenvalue weighted by atomic mass is 9.97. The standard InChI is InChI=1S/C22H30N2O3S/c1-18(2)17-21(19-11-6-4-7-12-19)23-22(25)15-10-16-24(3)28(26,27)20-13-8-5-9-14-20/h4-9,11-14,18,21H,10,15-17H2,1-3H3,(H,23,25)/t21-/m1/s1. The van der Waals surface area contributed by atoms with Crippen LogP contribution in [-0.4, -0.2) is 32.2 Å². The van der Waals surface area contributed by atoms with Crippen LogP contribution in [0.3, 0.4) is 0 Å². The van der Waals surface area contributed by atoms with Crippen molar-refractivity contribution in [3.05, 3.63) is 66.2 Å². The van der Waals surface area contributed by atoms with E-state index in [0.717, 1.165) is 12.0 Å². The molecule has 6 heteroatoms. The normalized spacial score (nSPS) is 12.9. The first-order valence-corrected chi connectivity index (χ1v) is 11.1. The van der Waals surface area contributed by atoms with Gasteiger partial charge in [-0.1, -0.05) is 62.4 Å². The molecule has 2 aromatic carbocycles. The number of hydrogen-bond acceptors (Lipinski definition) is 3. The zero-order chi connectivity index (χ0) is 20.6. The van der Waals surface area contributed by atoms with Crippen LogP contribution in [0.5, 0.6) is 0 Å². The topological polar surface area (TPSA) is 66.5 Å². The van der Waals surface area contributed by atoms with Crippen molar-refractivity contribution in [3.8, 4) is 0 Å². The van der Waals surface area contributed by atoms with E-state index in [9.17, 15) is 13.2 Å². The fraction of sp³-hybridized carbons (Fsp3) is 0.409. The molecule has 28 heavy (non-hydrogen) atoms. The Kier molecular flexibility index (Phi) is 8.20. The van der Waals surface area contributed by atoms with Gasteiger partial charge in [0.15, 0.2) is 0 Å². The van der Waals surface area contributed by atoms with Gasteiger partial charge in [0.1, 0.15) is 0 Å². The highest BCUT2D eigenvalue weighted by Gasteiger charge is 2.21. The third-order valence-electron chi connectivity index (χ3n) is 4.57. The zero-order valence-electron chi connectivity index (χ0n) is 16.8. The molecule has 2 aromatic rings. The maximum absolute atomic E-state index is 12.5. The van der Waals surface area contributed by atoms with Crippen LogP contribution in [0, 0.1) is 5.92 Å². The molecule has 152 valence electrons. The smallest absolute Gasteiger partial charge is 0.242 e. The molecular formula is C22H30N2O3S. The van der Waals surface area contributed by atoms with Crippen molar-refractivity contribution in [3.63, 3.8) is 0 Å². The Balaban J connectivity index is 1.89. The fourth-order valence-corrected chi connectivity index (χ4v) is 4.29. The Labute approximate surface area is 168 Å². The third kappa shape index (κ3) is 6.46. The van der Waals surface area contributed by atoms with Crippen LogP contribution in [-0.2, 0) is 14.8 Å². The van der Waals surface area contributed by atoms with Crippen LogP contribution in [0.25, 0.3) is 0 Å². The van der Waals surface area contributed by atoms with E-state index in [1.54, 1.807) is 37.4 Å². The molecule has 0 saturated carbocycles. The van der Waals surface area contributed by atoms with Gasteiger partial charge >= 0.3 is 0 Å². The molecule has 0 fully saturated rings. The number of carbonyl (C=O) groups excluding carboxylic acids is 1. The molecular weight excluding hydrogens is 372 g/mol. The highest BCUT2D eigenvalue weighted by Crippen LogP contribution is 2.21. The maximum Gasteiger partial charge on any atom is 0.242 e. The van der Waals surface area contributed by atoms with Crippen molar-refractivity contribution in [2.45, 2.75) is 44.0 Å². The van der Waals surface area contributed by atoms with Crippen molar-refractivity contribution in [1.29, 1.82) is 0 Å². The molecule has 1 N–H and O–H groups in total. The highest BCUT2D eigenvalue weighted by molar-refractivity contribution is 7.89. The van der Waals surface area contributed by atoms with Gasteiger partial charge in [0.05, 0.1) is 10.9 Å². The monoisotopic (exact) mass is 402 g/mol. The molecule has 0 aromatic heterocycles. The SMILES string of the molecule is CC(C)C[C@@H](NC(=O)CCCN(C)S(=O)(=O)c1ccccc1)c1ccccc1. The number of amides is 1. The van der Waals surface area contributed by atoms with Crippen LogP contribution in [0.2, 0.25) is 0 Å². The third-order valence-corrected chi connectivity index (χ3v) is 6.44. The average Bonchev–Trinajstić information content (AvgIpc) is 2.68. The van der Waals surface area contributed by atoms with E-state index >= 15 is 0 Å². The molecule has 0 aliphatic rings. The van der Waals surface area contributed by atoms with Gasteiger partial charge in [-0.15, -0.1) is 0 Å². The van der Waals surface area contributed by atoms with Gasteiger partial charge in [-0.2, -0.15) is 0 Å². The molecule has 0 aliphatic heterocycles.